The predicted octanol–water partition coefficient (Wildman–Crippen LogP) is 1.51. The number of ether oxygens (including phenoxy) is 2. The second-order valence-electron chi connectivity index (χ2n) is 4.77. The van der Waals surface area contributed by atoms with Crippen LogP contribution in [0.3, 0.4) is 0 Å². The highest BCUT2D eigenvalue weighted by molar-refractivity contribution is 5.98. The molecule has 0 spiro atoms. The van der Waals surface area contributed by atoms with E-state index in [4.69, 9.17) is 10.00 Å². The average molecular weight is 317 g/mol. The van der Waals surface area contributed by atoms with Crippen molar-refractivity contribution in [3.63, 3.8) is 0 Å². The lowest BCUT2D eigenvalue weighted by Crippen LogP contribution is -2.36. The van der Waals surface area contributed by atoms with E-state index < -0.39 is 10.9 Å². The Morgan fingerprint density at radius 3 is 2.74 bits per heavy atom. The fourth-order valence-electron chi connectivity index (χ4n) is 2.26. The second-order valence-corrected chi connectivity index (χ2v) is 4.77. The Labute approximate surface area is 132 Å². The predicted molar refractivity (Wildman–Crippen MR) is 81.7 cm³/mol. The molecule has 0 amide bonds. The number of esters is 1. The van der Waals surface area contributed by atoms with Crippen molar-refractivity contribution >= 4 is 23.4 Å². The van der Waals surface area contributed by atoms with E-state index in [0.717, 1.165) is 7.11 Å². The molecule has 0 aromatic heterocycles. The quantitative estimate of drug-likeness (QED) is 0.272. The Kier molecular flexibility index (Phi) is 5.28. The van der Waals surface area contributed by atoms with Gasteiger partial charge < -0.3 is 14.4 Å². The summed E-state index contributed by atoms with van der Waals surface area (Å²) in [6, 6.07) is 6.29. The van der Waals surface area contributed by atoms with Crippen LogP contribution in [0.25, 0.3) is 6.08 Å². The molecule has 1 fully saturated rings. The number of nitriles is 1. The highest BCUT2D eigenvalue weighted by Crippen LogP contribution is 2.30. The number of nitro groups is 1. The van der Waals surface area contributed by atoms with E-state index in [1.807, 2.05) is 4.90 Å². The van der Waals surface area contributed by atoms with Gasteiger partial charge in [-0.2, -0.15) is 5.26 Å². The summed E-state index contributed by atoms with van der Waals surface area (Å²) in [5.74, 6) is -0.785. The zero-order chi connectivity index (χ0) is 16.8. The molecule has 1 aliphatic heterocycles. The van der Waals surface area contributed by atoms with Crippen molar-refractivity contribution in [3.8, 4) is 6.07 Å². The molecule has 120 valence electrons. The van der Waals surface area contributed by atoms with E-state index >= 15 is 0 Å². The molecular weight excluding hydrogens is 302 g/mol. The van der Waals surface area contributed by atoms with Gasteiger partial charge in [0.25, 0.3) is 5.69 Å². The van der Waals surface area contributed by atoms with Gasteiger partial charge in [-0.3, -0.25) is 10.1 Å². The molecule has 0 N–H and O–H groups in total. The van der Waals surface area contributed by atoms with Crippen molar-refractivity contribution in [2.45, 2.75) is 0 Å². The van der Waals surface area contributed by atoms with E-state index in [1.165, 1.54) is 12.1 Å². The summed E-state index contributed by atoms with van der Waals surface area (Å²) in [4.78, 5) is 24.1. The van der Waals surface area contributed by atoms with Gasteiger partial charge in [-0.1, -0.05) is 6.07 Å². The van der Waals surface area contributed by atoms with E-state index in [1.54, 1.807) is 18.2 Å². The molecule has 0 atom stereocenters. The van der Waals surface area contributed by atoms with Gasteiger partial charge in [0.1, 0.15) is 17.3 Å². The first kappa shape index (κ1) is 16.5. The van der Waals surface area contributed by atoms with Gasteiger partial charge in [0.15, 0.2) is 0 Å². The lowest BCUT2D eigenvalue weighted by atomic mass is 10.1. The lowest BCUT2D eigenvalue weighted by Gasteiger charge is -2.28. The van der Waals surface area contributed by atoms with Crippen molar-refractivity contribution in [1.29, 1.82) is 5.26 Å². The first-order valence-electron chi connectivity index (χ1n) is 6.88. The van der Waals surface area contributed by atoms with E-state index in [0.29, 0.717) is 37.6 Å². The van der Waals surface area contributed by atoms with Crippen LogP contribution >= 0.6 is 0 Å². The summed E-state index contributed by atoms with van der Waals surface area (Å²) in [5.41, 5.74) is 0.575. The summed E-state index contributed by atoms with van der Waals surface area (Å²) in [6.45, 7) is 2.17. The maximum atomic E-state index is 11.4. The van der Waals surface area contributed by atoms with Crippen LogP contribution in [0.4, 0.5) is 11.4 Å². The third-order valence-electron chi connectivity index (χ3n) is 3.38. The van der Waals surface area contributed by atoms with Crippen LogP contribution < -0.4 is 4.90 Å². The van der Waals surface area contributed by atoms with E-state index in [-0.39, 0.29) is 11.3 Å². The molecule has 1 heterocycles. The first-order chi connectivity index (χ1) is 11.1. The van der Waals surface area contributed by atoms with Gasteiger partial charge in [-0.15, -0.1) is 0 Å². The monoisotopic (exact) mass is 317 g/mol. The number of anilines is 1. The Bertz CT molecular complexity index is 687. The molecule has 1 aromatic rings. The summed E-state index contributed by atoms with van der Waals surface area (Å²) >= 11 is 0. The average Bonchev–Trinajstić information content (AvgIpc) is 2.59. The second kappa shape index (κ2) is 7.38. The SMILES string of the molecule is COC(=O)/C(C#N)=C/c1ccc(N2CCOCC2)c([N+](=O)[O-])c1. The molecule has 1 aromatic carbocycles. The molecule has 0 aliphatic carbocycles. The highest BCUT2D eigenvalue weighted by Gasteiger charge is 2.22. The third kappa shape index (κ3) is 3.84. The largest absolute Gasteiger partial charge is 0.465 e. The number of nitrogens with zero attached hydrogens (tertiary/aromatic N) is 3. The minimum atomic E-state index is -0.785. The smallest absolute Gasteiger partial charge is 0.348 e. The number of hydrogen-bond donors (Lipinski definition) is 0. The Morgan fingerprint density at radius 2 is 2.17 bits per heavy atom. The number of benzene rings is 1. The van der Waals surface area contributed by atoms with Gasteiger partial charge in [0.05, 0.1) is 25.2 Å². The number of methoxy groups -OCH3 is 1. The summed E-state index contributed by atoms with van der Waals surface area (Å²) < 4.78 is 9.73. The number of nitro benzene ring substituents is 1. The minimum absolute atomic E-state index is 0.0807. The van der Waals surface area contributed by atoms with Crippen molar-refractivity contribution in [3.05, 3.63) is 39.4 Å². The molecule has 0 radical (unpaired) electrons. The van der Waals surface area contributed by atoms with Crippen LogP contribution in [0.5, 0.6) is 0 Å². The Balaban J connectivity index is 2.39. The van der Waals surface area contributed by atoms with Crippen LogP contribution in [0.15, 0.2) is 23.8 Å². The maximum Gasteiger partial charge on any atom is 0.348 e. The highest BCUT2D eigenvalue weighted by atomic mass is 16.6. The molecule has 8 nitrogen and oxygen atoms in total. The molecule has 0 saturated carbocycles. The van der Waals surface area contributed by atoms with Gasteiger partial charge in [-0.05, 0) is 17.7 Å². The van der Waals surface area contributed by atoms with E-state index in [9.17, 15) is 14.9 Å². The summed E-state index contributed by atoms with van der Waals surface area (Å²) in [5, 5.41) is 20.3. The van der Waals surface area contributed by atoms with Crippen molar-refractivity contribution in [2.75, 3.05) is 38.3 Å². The number of hydrogen-bond acceptors (Lipinski definition) is 7. The van der Waals surface area contributed by atoms with E-state index in [2.05, 4.69) is 4.74 Å². The van der Waals surface area contributed by atoms with Crippen LogP contribution in [0, 0.1) is 21.4 Å². The van der Waals surface area contributed by atoms with Gasteiger partial charge in [0, 0.05) is 19.2 Å². The molecule has 0 bridgehead atoms. The Hall–Kier alpha value is -2.92. The topological polar surface area (TPSA) is 106 Å². The maximum absolute atomic E-state index is 11.4. The molecule has 23 heavy (non-hydrogen) atoms. The summed E-state index contributed by atoms with van der Waals surface area (Å²) in [7, 11) is 1.16. The van der Waals surface area contributed by atoms with Crippen LogP contribution in [-0.2, 0) is 14.3 Å². The molecule has 2 rings (SSSR count). The third-order valence-corrected chi connectivity index (χ3v) is 3.38. The number of carbonyl (C=O) groups is 1. The molecule has 8 heteroatoms. The summed E-state index contributed by atoms with van der Waals surface area (Å²) in [6.07, 6.45) is 1.27. The van der Waals surface area contributed by atoms with Gasteiger partial charge >= 0.3 is 5.97 Å². The first-order valence-corrected chi connectivity index (χ1v) is 6.88. The van der Waals surface area contributed by atoms with Crippen LogP contribution in [-0.4, -0.2) is 44.3 Å². The fourth-order valence-corrected chi connectivity index (χ4v) is 2.26. The number of rotatable bonds is 4. The van der Waals surface area contributed by atoms with Crippen molar-refractivity contribution < 1.29 is 19.2 Å². The number of carbonyl (C=O) groups excluding carboxylic acids is 1. The fraction of sp³-hybridized carbons (Fsp3) is 0.333. The molecular formula is C15H15N3O5. The lowest BCUT2D eigenvalue weighted by molar-refractivity contribution is -0.384. The number of morpholine rings is 1. The zero-order valence-electron chi connectivity index (χ0n) is 12.5. The van der Waals surface area contributed by atoms with Crippen LogP contribution in [0.1, 0.15) is 5.56 Å². The van der Waals surface area contributed by atoms with Crippen molar-refractivity contribution in [2.24, 2.45) is 0 Å². The van der Waals surface area contributed by atoms with Crippen molar-refractivity contribution in [1.82, 2.24) is 0 Å². The molecule has 1 aliphatic rings. The minimum Gasteiger partial charge on any atom is -0.465 e. The standard InChI is InChI=1S/C15H15N3O5/c1-22-15(19)12(10-16)8-11-2-3-13(14(9-11)18(20)21)17-4-6-23-7-5-17/h2-3,8-9H,4-7H2,1H3/b12-8+. The van der Waals surface area contributed by atoms with Gasteiger partial charge in [0.2, 0.25) is 0 Å². The zero-order valence-corrected chi connectivity index (χ0v) is 12.5. The van der Waals surface area contributed by atoms with Crippen LogP contribution in [0.2, 0.25) is 0 Å². The Morgan fingerprint density at radius 1 is 1.48 bits per heavy atom. The normalized spacial score (nSPS) is 15.0. The molecule has 0 unspecified atom stereocenters. The molecule has 1 saturated heterocycles. The van der Waals surface area contributed by atoms with Gasteiger partial charge in [-0.25, -0.2) is 4.79 Å².